The molecule has 7 heteroatoms. The Labute approximate surface area is 127 Å². The van der Waals surface area contributed by atoms with Gasteiger partial charge in [0.25, 0.3) is 5.91 Å². The van der Waals surface area contributed by atoms with Crippen molar-refractivity contribution in [3.8, 4) is 0 Å². The number of methoxy groups -OCH3 is 1. The Hall–Kier alpha value is -1.47. The second kappa shape index (κ2) is 5.96. The highest BCUT2D eigenvalue weighted by molar-refractivity contribution is 5.93. The molecule has 122 valence electrons. The van der Waals surface area contributed by atoms with E-state index in [1.807, 2.05) is 0 Å². The first-order chi connectivity index (χ1) is 10.5. The monoisotopic (exact) mass is 314 g/mol. The molecule has 0 unspecified atom stereocenters. The first kappa shape index (κ1) is 15.4. The van der Waals surface area contributed by atoms with Crippen molar-refractivity contribution in [2.75, 3.05) is 20.3 Å². The van der Waals surface area contributed by atoms with Crippen molar-refractivity contribution in [1.82, 2.24) is 9.88 Å². The molecule has 1 saturated carbocycles. The lowest BCUT2D eigenvalue weighted by Crippen LogP contribution is -2.62. The van der Waals surface area contributed by atoms with Crippen LogP contribution >= 0.6 is 0 Å². The molecule has 1 amide bonds. The second-order valence-electron chi connectivity index (χ2n) is 5.91. The largest absolute Gasteiger partial charge is 0.384 e. The van der Waals surface area contributed by atoms with Crippen LogP contribution in [0.3, 0.4) is 0 Å². The Morgan fingerprint density at radius 2 is 2.32 bits per heavy atom. The van der Waals surface area contributed by atoms with Crippen LogP contribution < -0.4 is 5.32 Å². The molecule has 4 atom stereocenters. The van der Waals surface area contributed by atoms with Crippen LogP contribution in [0, 0.1) is 18.8 Å². The summed E-state index contributed by atoms with van der Waals surface area (Å²) in [6.07, 6.45) is 0.985. The summed E-state index contributed by atoms with van der Waals surface area (Å²) in [6, 6.07) is 2.88. The van der Waals surface area contributed by atoms with Gasteiger partial charge in [-0.25, -0.2) is 0 Å². The quantitative estimate of drug-likeness (QED) is 0.904. The predicted octanol–water partition coefficient (Wildman–Crippen LogP) is 1.97. The average molecular weight is 314 g/mol. The molecule has 0 aromatic carbocycles. The molecular formula is C15H20F2N2O3. The summed E-state index contributed by atoms with van der Waals surface area (Å²) in [5, 5.41) is 2.89. The van der Waals surface area contributed by atoms with E-state index in [9.17, 15) is 13.6 Å². The molecule has 5 nitrogen and oxygen atoms in total. The number of amides is 1. The maximum atomic E-state index is 13.1. The van der Waals surface area contributed by atoms with Gasteiger partial charge in [-0.05, 0) is 25.5 Å². The number of rotatable bonds is 5. The van der Waals surface area contributed by atoms with Crippen molar-refractivity contribution < 1.29 is 23.0 Å². The molecule has 3 rings (SSSR count). The summed E-state index contributed by atoms with van der Waals surface area (Å²) >= 11 is 0. The fourth-order valence-corrected chi connectivity index (χ4v) is 3.65. The minimum Gasteiger partial charge on any atom is -0.384 e. The van der Waals surface area contributed by atoms with E-state index >= 15 is 0 Å². The Morgan fingerprint density at radius 3 is 3.00 bits per heavy atom. The molecule has 1 aliphatic carbocycles. The van der Waals surface area contributed by atoms with Crippen LogP contribution in [-0.4, -0.2) is 42.9 Å². The van der Waals surface area contributed by atoms with Gasteiger partial charge >= 0.3 is 6.55 Å². The summed E-state index contributed by atoms with van der Waals surface area (Å²) in [6.45, 7) is -0.00879. The molecule has 1 aromatic rings. The van der Waals surface area contributed by atoms with Gasteiger partial charge in [0.05, 0.1) is 12.7 Å². The van der Waals surface area contributed by atoms with Gasteiger partial charge in [-0.3, -0.25) is 9.36 Å². The predicted molar refractivity (Wildman–Crippen MR) is 74.9 cm³/mol. The smallest absolute Gasteiger partial charge is 0.319 e. The van der Waals surface area contributed by atoms with Crippen LogP contribution in [0.15, 0.2) is 12.1 Å². The second-order valence-corrected chi connectivity index (χ2v) is 5.91. The van der Waals surface area contributed by atoms with Gasteiger partial charge in [-0.2, -0.15) is 8.78 Å². The van der Waals surface area contributed by atoms with Crippen LogP contribution in [0.25, 0.3) is 0 Å². The molecule has 1 N–H and O–H groups in total. The molecule has 2 fully saturated rings. The Morgan fingerprint density at radius 1 is 1.55 bits per heavy atom. The molecule has 2 heterocycles. The lowest BCUT2D eigenvalue weighted by molar-refractivity contribution is -0.0811. The standard InChI is InChI=1S/C15H20F2N2O3/c1-8-3-4-11(19(8)15(16)17)14(20)18-12-9-5-6-22-13(9)10(12)7-21-2/h3-4,9-10,12-13,15H,5-7H2,1-2H3,(H,18,20)/t9-,10+,12+,13-/m0/s1. The number of ether oxygens (including phenoxy) is 2. The molecule has 2 aliphatic rings. The summed E-state index contributed by atoms with van der Waals surface area (Å²) in [7, 11) is 1.60. The van der Waals surface area contributed by atoms with Crippen LogP contribution in [-0.2, 0) is 9.47 Å². The topological polar surface area (TPSA) is 52.5 Å². The maximum Gasteiger partial charge on any atom is 0.319 e. The first-order valence-electron chi connectivity index (χ1n) is 7.42. The zero-order valence-corrected chi connectivity index (χ0v) is 12.6. The highest BCUT2D eigenvalue weighted by atomic mass is 19.3. The van der Waals surface area contributed by atoms with Gasteiger partial charge < -0.3 is 14.8 Å². The number of aryl methyl sites for hydroxylation is 1. The van der Waals surface area contributed by atoms with Gasteiger partial charge in [0.15, 0.2) is 0 Å². The van der Waals surface area contributed by atoms with E-state index in [-0.39, 0.29) is 29.7 Å². The number of aromatic nitrogens is 1. The third kappa shape index (κ3) is 2.42. The fraction of sp³-hybridized carbons (Fsp3) is 0.667. The van der Waals surface area contributed by atoms with Gasteiger partial charge in [0, 0.05) is 37.3 Å². The van der Waals surface area contributed by atoms with E-state index in [0.29, 0.717) is 18.9 Å². The van der Waals surface area contributed by atoms with Gasteiger partial charge in [-0.15, -0.1) is 0 Å². The number of nitrogens with zero attached hydrogens (tertiary/aromatic N) is 1. The number of carbonyl (C=O) groups is 1. The minimum atomic E-state index is -2.73. The third-order valence-electron chi connectivity index (χ3n) is 4.73. The number of carbonyl (C=O) groups excluding carboxylic acids is 1. The zero-order valence-electron chi connectivity index (χ0n) is 12.6. The number of fused-ring (bicyclic) bond motifs is 1. The molecule has 22 heavy (non-hydrogen) atoms. The fourth-order valence-electron chi connectivity index (χ4n) is 3.65. The molecule has 0 bridgehead atoms. The van der Waals surface area contributed by atoms with E-state index in [1.54, 1.807) is 14.0 Å². The molecule has 1 aromatic heterocycles. The summed E-state index contributed by atoms with van der Waals surface area (Å²) in [5.41, 5.74) is 0.357. The number of hydrogen-bond acceptors (Lipinski definition) is 3. The number of alkyl halides is 2. The van der Waals surface area contributed by atoms with Crippen molar-refractivity contribution in [2.24, 2.45) is 11.8 Å². The average Bonchev–Trinajstić information content (AvgIpc) is 3.06. The van der Waals surface area contributed by atoms with Gasteiger partial charge in [0.1, 0.15) is 5.69 Å². The van der Waals surface area contributed by atoms with Crippen molar-refractivity contribution >= 4 is 5.91 Å². The van der Waals surface area contributed by atoms with Gasteiger partial charge in [-0.1, -0.05) is 0 Å². The lowest BCUT2D eigenvalue weighted by atomic mass is 9.67. The zero-order chi connectivity index (χ0) is 15.9. The van der Waals surface area contributed by atoms with E-state index in [1.165, 1.54) is 12.1 Å². The Kier molecular flexibility index (Phi) is 4.18. The van der Waals surface area contributed by atoms with Crippen LogP contribution in [0.5, 0.6) is 0 Å². The number of nitrogens with one attached hydrogen (secondary N) is 1. The highest BCUT2D eigenvalue weighted by Gasteiger charge is 2.54. The Bertz CT molecular complexity index is 561. The normalized spacial score (nSPS) is 30.2. The van der Waals surface area contributed by atoms with Crippen molar-refractivity contribution in [3.63, 3.8) is 0 Å². The van der Waals surface area contributed by atoms with Crippen LogP contribution in [0.2, 0.25) is 0 Å². The first-order valence-corrected chi connectivity index (χ1v) is 7.42. The van der Waals surface area contributed by atoms with Crippen LogP contribution in [0.1, 0.15) is 29.2 Å². The highest BCUT2D eigenvalue weighted by Crippen LogP contribution is 2.43. The van der Waals surface area contributed by atoms with Crippen molar-refractivity contribution in [3.05, 3.63) is 23.5 Å². The van der Waals surface area contributed by atoms with E-state index < -0.39 is 12.5 Å². The van der Waals surface area contributed by atoms with Crippen LogP contribution in [0.4, 0.5) is 8.78 Å². The Balaban J connectivity index is 1.74. The minimum absolute atomic E-state index is 0.00830. The lowest BCUT2D eigenvalue weighted by Gasteiger charge is -2.47. The van der Waals surface area contributed by atoms with Crippen molar-refractivity contribution in [1.29, 1.82) is 0 Å². The van der Waals surface area contributed by atoms with Crippen molar-refractivity contribution in [2.45, 2.75) is 32.0 Å². The molecule has 1 saturated heterocycles. The summed E-state index contributed by atoms with van der Waals surface area (Å²) in [5.74, 6) is -0.137. The number of hydrogen-bond donors (Lipinski definition) is 1. The van der Waals surface area contributed by atoms with Gasteiger partial charge in [0.2, 0.25) is 0 Å². The van der Waals surface area contributed by atoms with E-state index in [0.717, 1.165) is 11.0 Å². The maximum absolute atomic E-state index is 13.1. The van der Waals surface area contributed by atoms with E-state index in [2.05, 4.69) is 5.32 Å². The third-order valence-corrected chi connectivity index (χ3v) is 4.73. The molecule has 1 aliphatic heterocycles. The number of halogens is 2. The summed E-state index contributed by atoms with van der Waals surface area (Å²) in [4.78, 5) is 12.4. The SMILES string of the molecule is COC[C@@H]1[C@H](NC(=O)c2ccc(C)n2C(F)F)[C@@H]2CCO[C@H]12. The summed E-state index contributed by atoms with van der Waals surface area (Å²) < 4.78 is 37.7. The molecule has 0 radical (unpaired) electrons. The molecule has 0 spiro atoms. The van der Waals surface area contributed by atoms with E-state index in [4.69, 9.17) is 9.47 Å². The molecular weight excluding hydrogens is 294 g/mol.